The number of aliphatic hydroxyl groups is 1. The van der Waals surface area contributed by atoms with Gasteiger partial charge in [-0.15, -0.1) is 0 Å². The Labute approximate surface area is 107 Å². The molecule has 1 heterocycles. The second-order valence-electron chi connectivity index (χ2n) is 5.08. The summed E-state index contributed by atoms with van der Waals surface area (Å²) in [4.78, 5) is 4.01. The van der Waals surface area contributed by atoms with Crippen molar-refractivity contribution in [1.82, 2.24) is 4.98 Å². The lowest BCUT2D eigenvalue weighted by molar-refractivity contribution is 0.0481. The number of pyridine rings is 1. The fraction of sp³-hybridized carbons (Fsp3) is 0.583. The van der Waals surface area contributed by atoms with Crippen LogP contribution in [0.1, 0.15) is 30.4 Å². The molecule has 0 amide bonds. The zero-order chi connectivity index (χ0) is 13.6. The van der Waals surface area contributed by atoms with E-state index in [-0.39, 0.29) is 5.82 Å². The van der Waals surface area contributed by atoms with Crippen LogP contribution in [0, 0.1) is 6.92 Å². The fourth-order valence-corrected chi connectivity index (χ4v) is 4.31. The Morgan fingerprint density at radius 2 is 2.22 bits per heavy atom. The van der Waals surface area contributed by atoms with Crippen molar-refractivity contribution in [2.75, 3.05) is 12.0 Å². The summed E-state index contributed by atoms with van der Waals surface area (Å²) in [6.07, 6.45) is 4.30. The van der Waals surface area contributed by atoms with E-state index in [9.17, 15) is 13.5 Å². The van der Waals surface area contributed by atoms with Crippen molar-refractivity contribution in [2.24, 2.45) is 0 Å². The van der Waals surface area contributed by atoms with Crippen molar-refractivity contribution in [3.8, 4) is 0 Å². The highest BCUT2D eigenvalue weighted by Gasteiger charge is 2.49. The molecule has 0 aliphatic heterocycles. The molecule has 1 aromatic heterocycles. The first-order valence-corrected chi connectivity index (χ1v) is 7.84. The lowest BCUT2D eigenvalue weighted by Crippen LogP contribution is -2.40. The molecule has 5 nitrogen and oxygen atoms in total. The zero-order valence-corrected chi connectivity index (χ0v) is 11.4. The number of nitrogen functional groups attached to an aromatic ring is 1. The van der Waals surface area contributed by atoms with Crippen LogP contribution in [0.4, 0.5) is 5.82 Å². The van der Waals surface area contributed by atoms with E-state index >= 15 is 0 Å². The molecular formula is C12H18N2O3S. The lowest BCUT2D eigenvalue weighted by atomic mass is 9.91. The number of nitrogens with two attached hydrogens (primary N) is 1. The summed E-state index contributed by atoms with van der Waals surface area (Å²) in [5.41, 5.74) is 5.68. The third-order valence-corrected chi connectivity index (χ3v) is 5.25. The van der Waals surface area contributed by atoms with Crippen LogP contribution in [-0.2, 0) is 15.4 Å². The maximum atomic E-state index is 11.8. The van der Waals surface area contributed by atoms with Crippen molar-refractivity contribution in [3.05, 3.63) is 23.4 Å². The van der Waals surface area contributed by atoms with Gasteiger partial charge in [0.2, 0.25) is 0 Å². The molecule has 0 bridgehead atoms. The van der Waals surface area contributed by atoms with Crippen molar-refractivity contribution in [1.29, 1.82) is 0 Å². The molecule has 100 valence electrons. The van der Waals surface area contributed by atoms with Gasteiger partial charge in [0.15, 0.2) is 9.84 Å². The minimum atomic E-state index is -3.32. The molecule has 0 aromatic carbocycles. The standard InChI is InChI=1S/C12H18N2O3S/c1-8-6-9(11(13)14-7-8)12(15)5-3-4-10(12)18(2,16)17/h6-7,10,15H,3-5H2,1-2H3,(H2,13,14). The van der Waals surface area contributed by atoms with Crippen LogP contribution in [0.25, 0.3) is 0 Å². The number of hydrogen-bond acceptors (Lipinski definition) is 5. The van der Waals surface area contributed by atoms with Gasteiger partial charge in [0.25, 0.3) is 0 Å². The maximum Gasteiger partial charge on any atom is 0.153 e. The summed E-state index contributed by atoms with van der Waals surface area (Å²) in [5.74, 6) is 0.207. The van der Waals surface area contributed by atoms with Crippen LogP contribution in [0.2, 0.25) is 0 Å². The number of rotatable bonds is 2. The molecule has 0 spiro atoms. The average Bonchev–Trinajstić information content (AvgIpc) is 2.65. The number of aromatic nitrogens is 1. The van der Waals surface area contributed by atoms with Crippen molar-refractivity contribution in [3.63, 3.8) is 0 Å². The van der Waals surface area contributed by atoms with E-state index in [2.05, 4.69) is 4.98 Å². The van der Waals surface area contributed by atoms with Gasteiger partial charge in [0, 0.05) is 18.0 Å². The van der Waals surface area contributed by atoms with Crippen molar-refractivity contribution in [2.45, 2.75) is 37.0 Å². The van der Waals surface area contributed by atoms with E-state index < -0.39 is 20.7 Å². The van der Waals surface area contributed by atoms with Gasteiger partial charge in [0.1, 0.15) is 11.4 Å². The molecule has 1 saturated carbocycles. The first kappa shape index (κ1) is 13.3. The normalized spacial score (nSPS) is 28.5. The predicted octanol–water partition coefficient (Wildman–Crippen LogP) is 0.757. The highest BCUT2D eigenvalue weighted by atomic mass is 32.2. The Morgan fingerprint density at radius 3 is 2.83 bits per heavy atom. The summed E-state index contributed by atoms with van der Waals surface area (Å²) in [5, 5.41) is 9.97. The van der Waals surface area contributed by atoms with Gasteiger partial charge in [-0.05, 0) is 37.8 Å². The molecule has 2 rings (SSSR count). The first-order valence-electron chi connectivity index (χ1n) is 5.89. The molecule has 3 N–H and O–H groups in total. The largest absolute Gasteiger partial charge is 0.384 e. The number of hydrogen-bond donors (Lipinski definition) is 2. The average molecular weight is 270 g/mol. The van der Waals surface area contributed by atoms with Gasteiger partial charge in [-0.25, -0.2) is 13.4 Å². The number of anilines is 1. The van der Waals surface area contributed by atoms with Crippen LogP contribution in [0.5, 0.6) is 0 Å². The molecule has 6 heteroatoms. The predicted molar refractivity (Wildman–Crippen MR) is 69.8 cm³/mol. The molecule has 1 aliphatic carbocycles. The summed E-state index contributed by atoms with van der Waals surface area (Å²) in [6, 6.07) is 1.73. The summed E-state index contributed by atoms with van der Waals surface area (Å²) in [7, 11) is -3.32. The van der Waals surface area contributed by atoms with Gasteiger partial charge in [-0.2, -0.15) is 0 Å². The van der Waals surface area contributed by atoms with E-state index in [1.165, 1.54) is 0 Å². The zero-order valence-electron chi connectivity index (χ0n) is 10.5. The molecule has 18 heavy (non-hydrogen) atoms. The van der Waals surface area contributed by atoms with Crippen molar-refractivity contribution >= 4 is 15.7 Å². The van der Waals surface area contributed by atoms with Crippen LogP contribution < -0.4 is 5.73 Å². The number of sulfone groups is 1. The molecule has 0 radical (unpaired) electrons. The highest BCUT2D eigenvalue weighted by molar-refractivity contribution is 7.91. The molecule has 2 unspecified atom stereocenters. The second kappa shape index (κ2) is 4.20. The fourth-order valence-electron chi connectivity index (χ4n) is 2.76. The molecule has 1 fully saturated rings. The second-order valence-corrected chi connectivity index (χ2v) is 7.31. The minimum absolute atomic E-state index is 0.207. The van der Waals surface area contributed by atoms with Gasteiger partial charge in [-0.1, -0.05) is 0 Å². The number of aryl methyl sites for hydroxylation is 1. The van der Waals surface area contributed by atoms with Gasteiger partial charge < -0.3 is 10.8 Å². The maximum absolute atomic E-state index is 11.8. The molecule has 2 atom stereocenters. The summed E-state index contributed by atoms with van der Waals surface area (Å²) < 4.78 is 23.6. The SMILES string of the molecule is Cc1cnc(N)c(C2(O)CCCC2S(C)(=O)=O)c1. The topological polar surface area (TPSA) is 93.3 Å². The van der Waals surface area contributed by atoms with Crippen LogP contribution in [0.3, 0.4) is 0 Å². The summed E-state index contributed by atoms with van der Waals surface area (Å²) >= 11 is 0. The van der Waals surface area contributed by atoms with Crippen LogP contribution in [-0.4, -0.2) is 30.0 Å². The third-order valence-electron chi connectivity index (χ3n) is 3.60. The molecule has 1 aliphatic rings. The highest BCUT2D eigenvalue weighted by Crippen LogP contribution is 2.44. The van der Waals surface area contributed by atoms with E-state index in [1.54, 1.807) is 12.3 Å². The monoisotopic (exact) mass is 270 g/mol. The Balaban J connectivity index is 2.57. The van der Waals surface area contributed by atoms with Crippen LogP contribution in [0.15, 0.2) is 12.3 Å². The quantitative estimate of drug-likeness (QED) is 0.827. The van der Waals surface area contributed by atoms with Gasteiger partial charge >= 0.3 is 0 Å². The Kier molecular flexibility index (Phi) is 3.11. The first-order chi connectivity index (χ1) is 8.25. The van der Waals surface area contributed by atoms with Gasteiger partial charge in [0.05, 0.1) is 5.25 Å². The lowest BCUT2D eigenvalue weighted by Gasteiger charge is -2.30. The smallest absolute Gasteiger partial charge is 0.153 e. The Hall–Kier alpha value is -1.14. The molecular weight excluding hydrogens is 252 g/mol. The third kappa shape index (κ3) is 2.10. The van der Waals surface area contributed by atoms with Gasteiger partial charge in [-0.3, -0.25) is 0 Å². The minimum Gasteiger partial charge on any atom is -0.384 e. The Bertz CT molecular complexity index is 571. The van der Waals surface area contributed by atoms with E-state index in [4.69, 9.17) is 5.73 Å². The van der Waals surface area contributed by atoms with Crippen molar-refractivity contribution < 1.29 is 13.5 Å². The Morgan fingerprint density at radius 1 is 1.56 bits per heavy atom. The molecule has 1 aromatic rings. The van der Waals surface area contributed by atoms with E-state index in [0.29, 0.717) is 24.8 Å². The van der Waals surface area contributed by atoms with E-state index in [1.807, 2.05) is 6.92 Å². The summed E-state index contributed by atoms with van der Waals surface area (Å²) in [6.45, 7) is 1.84. The van der Waals surface area contributed by atoms with Crippen LogP contribution >= 0.6 is 0 Å². The van der Waals surface area contributed by atoms with E-state index in [0.717, 1.165) is 11.8 Å². The number of nitrogens with zero attached hydrogens (tertiary/aromatic N) is 1. The molecule has 0 saturated heterocycles.